The van der Waals surface area contributed by atoms with Gasteiger partial charge in [0.2, 0.25) is 5.88 Å². The van der Waals surface area contributed by atoms with E-state index in [0.29, 0.717) is 11.1 Å². The third-order valence-corrected chi connectivity index (χ3v) is 6.13. The number of benzene rings is 1. The second kappa shape index (κ2) is 8.81. The van der Waals surface area contributed by atoms with Gasteiger partial charge in [0.1, 0.15) is 11.5 Å². The Bertz CT molecular complexity index is 686. The Morgan fingerprint density at radius 2 is 2.12 bits per heavy atom. The number of nitrogens with zero attached hydrogens (tertiary/aromatic N) is 2. The summed E-state index contributed by atoms with van der Waals surface area (Å²) in [5.74, 6) is 2.67. The third-order valence-electron chi connectivity index (χ3n) is 3.98. The molecule has 0 aliphatic carbocycles. The van der Waals surface area contributed by atoms with Gasteiger partial charge >= 0.3 is 0 Å². The lowest BCUT2D eigenvalue weighted by molar-refractivity contribution is 0.233. The highest BCUT2D eigenvalue weighted by Gasteiger charge is 2.17. The number of ether oxygens (including phenoxy) is 1. The molecule has 1 saturated heterocycles. The molecule has 0 radical (unpaired) electrons. The molecular formula is C19H25N3OS2. The monoisotopic (exact) mass is 375 g/mol. The molecule has 1 fully saturated rings. The van der Waals surface area contributed by atoms with Gasteiger partial charge in [0.15, 0.2) is 0 Å². The number of anilines is 1. The normalized spacial score (nSPS) is 17.0. The van der Waals surface area contributed by atoms with Gasteiger partial charge in [-0.05, 0) is 50.8 Å². The van der Waals surface area contributed by atoms with Gasteiger partial charge in [0, 0.05) is 22.3 Å². The van der Waals surface area contributed by atoms with Crippen LogP contribution in [0.5, 0.6) is 5.88 Å². The molecule has 1 atom stereocenters. The number of thioether (sulfide) groups is 2. The van der Waals surface area contributed by atoms with Crippen LogP contribution in [0.4, 0.5) is 5.82 Å². The Hall–Kier alpha value is -1.40. The lowest BCUT2D eigenvalue weighted by atomic mass is 10.1. The van der Waals surface area contributed by atoms with Crippen molar-refractivity contribution in [1.82, 2.24) is 9.97 Å². The molecule has 1 N–H and O–H groups in total. The van der Waals surface area contributed by atoms with Crippen LogP contribution in [0.15, 0.2) is 35.4 Å². The molecular weight excluding hydrogens is 350 g/mol. The highest BCUT2D eigenvalue weighted by molar-refractivity contribution is 8.00. The summed E-state index contributed by atoms with van der Waals surface area (Å²) in [6.07, 6.45) is 6.51. The molecule has 1 aromatic heterocycles. The quantitative estimate of drug-likeness (QED) is 0.690. The van der Waals surface area contributed by atoms with Gasteiger partial charge in [-0.3, -0.25) is 0 Å². The summed E-state index contributed by atoms with van der Waals surface area (Å²) in [7, 11) is 0. The van der Waals surface area contributed by atoms with Crippen molar-refractivity contribution in [2.45, 2.75) is 42.9 Å². The average molecular weight is 376 g/mol. The predicted molar refractivity (Wildman–Crippen MR) is 109 cm³/mol. The van der Waals surface area contributed by atoms with Gasteiger partial charge in [-0.2, -0.15) is 11.8 Å². The molecule has 6 heteroatoms. The molecule has 134 valence electrons. The Kier molecular flexibility index (Phi) is 6.48. The van der Waals surface area contributed by atoms with Crippen LogP contribution in [-0.2, 0) is 0 Å². The van der Waals surface area contributed by atoms with Crippen LogP contribution >= 0.6 is 23.5 Å². The molecule has 2 aromatic rings. The van der Waals surface area contributed by atoms with E-state index < -0.39 is 0 Å². The molecule has 1 aliphatic heterocycles. The van der Waals surface area contributed by atoms with Crippen LogP contribution in [-0.4, -0.2) is 39.9 Å². The van der Waals surface area contributed by atoms with Crippen LogP contribution in [0.3, 0.4) is 0 Å². The number of rotatable bonds is 7. The van der Waals surface area contributed by atoms with E-state index in [9.17, 15) is 0 Å². The van der Waals surface area contributed by atoms with E-state index >= 15 is 0 Å². The number of nitrogens with one attached hydrogen (secondary N) is 1. The maximum absolute atomic E-state index is 5.88. The summed E-state index contributed by atoms with van der Waals surface area (Å²) in [5, 5.41) is 4.12. The van der Waals surface area contributed by atoms with Crippen LogP contribution < -0.4 is 10.1 Å². The molecule has 1 aromatic carbocycles. The fraction of sp³-hybridized carbons (Fsp3) is 0.474. The Balaban J connectivity index is 1.83. The fourth-order valence-corrected chi connectivity index (χ4v) is 4.34. The number of hydrogen-bond acceptors (Lipinski definition) is 6. The van der Waals surface area contributed by atoms with E-state index in [1.165, 1.54) is 23.5 Å². The minimum atomic E-state index is 0.0622. The van der Waals surface area contributed by atoms with E-state index in [-0.39, 0.29) is 6.10 Å². The zero-order chi connectivity index (χ0) is 17.6. The first-order valence-corrected chi connectivity index (χ1v) is 11.0. The zero-order valence-corrected chi connectivity index (χ0v) is 16.6. The van der Waals surface area contributed by atoms with Crippen LogP contribution in [0, 0.1) is 0 Å². The van der Waals surface area contributed by atoms with Gasteiger partial charge in [0.05, 0.1) is 12.3 Å². The van der Waals surface area contributed by atoms with E-state index in [1.807, 2.05) is 25.6 Å². The van der Waals surface area contributed by atoms with Crippen molar-refractivity contribution in [1.29, 1.82) is 0 Å². The maximum Gasteiger partial charge on any atom is 0.241 e. The summed E-state index contributed by atoms with van der Waals surface area (Å²) in [6, 6.07) is 8.38. The van der Waals surface area contributed by atoms with E-state index in [2.05, 4.69) is 40.8 Å². The first-order chi connectivity index (χ1) is 12.2. The van der Waals surface area contributed by atoms with Crippen molar-refractivity contribution >= 4 is 29.3 Å². The Morgan fingerprint density at radius 1 is 1.32 bits per heavy atom. The molecule has 0 saturated carbocycles. The Morgan fingerprint density at radius 3 is 2.76 bits per heavy atom. The average Bonchev–Trinajstić information content (AvgIpc) is 3.14. The minimum absolute atomic E-state index is 0.0622. The number of hydrogen-bond donors (Lipinski definition) is 1. The second-order valence-electron chi connectivity index (χ2n) is 6.32. The van der Waals surface area contributed by atoms with Gasteiger partial charge in [-0.25, -0.2) is 9.97 Å². The van der Waals surface area contributed by atoms with Gasteiger partial charge in [-0.1, -0.05) is 12.1 Å². The standard InChI is InChI=1S/C19H25N3OS2/c1-13(2)23-19-18(14-6-8-15(24-3)9-7-14)22-17(12-21-19)20-11-16-5-4-10-25-16/h6-9,12-13,16H,4-5,10-11H2,1-3H3,(H,20,22). The molecule has 2 heterocycles. The molecule has 0 spiro atoms. The largest absolute Gasteiger partial charge is 0.473 e. The minimum Gasteiger partial charge on any atom is -0.473 e. The summed E-state index contributed by atoms with van der Waals surface area (Å²) in [6.45, 7) is 4.95. The summed E-state index contributed by atoms with van der Waals surface area (Å²) >= 11 is 3.77. The molecule has 0 bridgehead atoms. The van der Waals surface area contributed by atoms with E-state index in [0.717, 1.165) is 23.6 Å². The van der Waals surface area contributed by atoms with Gasteiger partial charge in [0.25, 0.3) is 0 Å². The lowest BCUT2D eigenvalue weighted by Crippen LogP contribution is -2.15. The van der Waals surface area contributed by atoms with Gasteiger partial charge in [-0.15, -0.1) is 11.8 Å². The smallest absolute Gasteiger partial charge is 0.241 e. The summed E-state index contributed by atoms with van der Waals surface area (Å²) < 4.78 is 5.88. The van der Waals surface area contributed by atoms with E-state index in [4.69, 9.17) is 9.72 Å². The van der Waals surface area contributed by atoms with Crippen molar-refractivity contribution in [2.75, 3.05) is 23.9 Å². The van der Waals surface area contributed by atoms with Crippen molar-refractivity contribution in [3.8, 4) is 17.1 Å². The SMILES string of the molecule is CSc1ccc(-c2nc(NCC3CCCS3)cnc2OC(C)C)cc1. The predicted octanol–water partition coefficient (Wildman–Crippen LogP) is 4.96. The fourth-order valence-electron chi connectivity index (χ4n) is 2.73. The van der Waals surface area contributed by atoms with Crippen LogP contribution in [0.25, 0.3) is 11.3 Å². The van der Waals surface area contributed by atoms with Crippen LogP contribution in [0.1, 0.15) is 26.7 Å². The summed E-state index contributed by atoms with van der Waals surface area (Å²) in [4.78, 5) is 10.6. The Labute approximate surface area is 158 Å². The molecule has 0 amide bonds. The number of aromatic nitrogens is 2. The molecule has 3 rings (SSSR count). The van der Waals surface area contributed by atoms with Crippen molar-refractivity contribution in [2.24, 2.45) is 0 Å². The van der Waals surface area contributed by atoms with Crippen molar-refractivity contribution < 1.29 is 4.74 Å². The van der Waals surface area contributed by atoms with Crippen LogP contribution in [0.2, 0.25) is 0 Å². The topological polar surface area (TPSA) is 47.0 Å². The molecule has 1 aliphatic rings. The van der Waals surface area contributed by atoms with Crippen molar-refractivity contribution in [3.63, 3.8) is 0 Å². The maximum atomic E-state index is 5.88. The molecule has 25 heavy (non-hydrogen) atoms. The third kappa shape index (κ3) is 5.05. The van der Waals surface area contributed by atoms with Gasteiger partial charge < -0.3 is 10.1 Å². The first kappa shape index (κ1) is 18.4. The first-order valence-electron chi connectivity index (χ1n) is 8.69. The second-order valence-corrected chi connectivity index (χ2v) is 8.61. The van der Waals surface area contributed by atoms with Crippen molar-refractivity contribution in [3.05, 3.63) is 30.5 Å². The lowest BCUT2D eigenvalue weighted by Gasteiger charge is -2.15. The molecule has 4 nitrogen and oxygen atoms in total. The highest BCUT2D eigenvalue weighted by atomic mass is 32.2. The highest BCUT2D eigenvalue weighted by Crippen LogP contribution is 2.30. The van der Waals surface area contributed by atoms with E-state index in [1.54, 1.807) is 18.0 Å². The molecule has 1 unspecified atom stereocenters. The summed E-state index contributed by atoms with van der Waals surface area (Å²) in [5.41, 5.74) is 1.82. The zero-order valence-electron chi connectivity index (χ0n) is 15.0.